The van der Waals surface area contributed by atoms with E-state index in [1.807, 2.05) is 29.2 Å². The molecule has 2 unspecified atom stereocenters. The lowest BCUT2D eigenvalue weighted by Gasteiger charge is -2.36. The van der Waals surface area contributed by atoms with Crippen molar-refractivity contribution < 1.29 is 23.0 Å². The van der Waals surface area contributed by atoms with Crippen molar-refractivity contribution in [1.29, 1.82) is 0 Å². The van der Waals surface area contributed by atoms with Gasteiger partial charge in [-0.15, -0.1) is 0 Å². The molecule has 1 aliphatic heterocycles. The number of aliphatic hydroxyl groups excluding tert-OH is 1. The normalized spacial score (nSPS) is 16.2. The van der Waals surface area contributed by atoms with E-state index in [4.69, 9.17) is 16.3 Å². The summed E-state index contributed by atoms with van der Waals surface area (Å²) >= 11 is 6.01. The van der Waals surface area contributed by atoms with Crippen molar-refractivity contribution in [2.45, 2.75) is 31.7 Å². The Kier molecular flexibility index (Phi) is 10.1. The Morgan fingerprint density at radius 2 is 1.69 bits per heavy atom. The molecule has 1 fully saturated rings. The minimum atomic E-state index is -4.33. The van der Waals surface area contributed by atoms with E-state index < -0.39 is 17.8 Å². The Labute approximate surface area is 233 Å². The number of nitrogens with one attached hydrogen (secondary N) is 1. The molecule has 0 radical (unpaired) electrons. The Hall–Kier alpha value is -2.78. The summed E-state index contributed by atoms with van der Waals surface area (Å²) in [7, 11) is 0. The Morgan fingerprint density at radius 1 is 0.974 bits per heavy atom. The van der Waals surface area contributed by atoms with Gasteiger partial charge in [-0.25, -0.2) is 0 Å². The number of benzene rings is 3. The number of aliphatic hydroxyl groups is 1. The quantitative estimate of drug-likeness (QED) is 0.309. The molecule has 0 bridgehead atoms. The van der Waals surface area contributed by atoms with Gasteiger partial charge in [0.25, 0.3) is 0 Å². The number of nitrogens with zero attached hydrogens (tertiary/aromatic N) is 2. The Morgan fingerprint density at radius 3 is 2.38 bits per heavy atom. The summed E-state index contributed by atoms with van der Waals surface area (Å²) in [5.74, 6) is 0.804. The predicted molar refractivity (Wildman–Crippen MR) is 150 cm³/mol. The molecule has 0 spiro atoms. The van der Waals surface area contributed by atoms with Crippen LogP contribution in [-0.4, -0.2) is 61.9 Å². The van der Waals surface area contributed by atoms with Crippen LogP contribution in [0, 0.1) is 0 Å². The van der Waals surface area contributed by atoms with Crippen molar-refractivity contribution in [3.8, 4) is 5.75 Å². The van der Waals surface area contributed by atoms with Crippen LogP contribution in [0.25, 0.3) is 0 Å². The fraction of sp³-hybridized carbons (Fsp3) is 0.400. The van der Waals surface area contributed by atoms with Gasteiger partial charge in [-0.05, 0) is 66.9 Å². The molecule has 0 aromatic heterocycles. The maximum absolute atomic E-state index is 13.0. The zero-order chi connectivity index (χ0) is 27.8. The minimum absolute atomic E-state index is 0.181. The first-order valence-corrected chi connectivity index (χ1v) is 13.6. The third-order valence-electron chi connectivity index (χ3n) is 6.95. The number of piperazine rings is 1. The number of hydrogen-bond donors (Lipinski definition) is 2. The topological polar surface area (TPSA) is 48.0 Å². The predicted octanol–water partition coefficient (Wildman–Crippen LogP) is 5.81. The zero-order valence-electron chi connectivity index (χ0n) is 22.0. The highest BCUT2D eigenvalue weighted by molar-refractivity contribution is 6.30. The van der Waals surface area contributed by atoms with Gasteiger partial charge in [0, 0.05) is 56.0 Å². The van der Waals surface area contributed by atoms with Crippen LogP contribution < -0.4 is 15.0 Å². The number of alkyl halides is 3. The lowest BCUT2D eigenvalue weighted by atomic mass is 10.1. The van der Waals surface area contributed by atoms with Crippen molar-refractivity contribution in [1.82, 2.24) is 10.2 Å². The largest absolute Gasteiger partial charge is 0.492 e. The average molecular weight is 562 g/mol. The monoisotopic (exact) mass is 561 g/mol. The average Bonchev–Trinajstić information content (AvgIpc) is 2.93. The van der Waals surface area contributed by atoms with Crippen LogP contribution in [-0.2, 0) is 12.6 Å². The van der Waals surface area contributed by atoms with E-state index in [0.717, 1.165) is 43.4 Å². The summed E-state index contributed by atoms with van der Waals surface area (Å²) in [6.07, 6.45) is -4.13. The van der Waals surface area contributed by atoms with E-state index in [9.17, 15) is 18.3 Å². The third-order valence-corrected chi connectivity index (χ3v) is 7.18. The maximum Gasteiger partial charge on any atom is 0.416 e. The minimum Gasteiger partial charge on any atom is -0.492 e. The molecule has 0 amide bonds. The second-order valence-electron chi connectivity index (χ2n) is 9.95. The number of rotatable bonds is 11. The molecule has 1 aliphatic rings. The highest BCUT2D eigenvalue weighted by Crippen LogP contribution is 2.32. The number of halogens is 4. The molecule has 4 rings (SSSR count). The maximum atomic E-state index is 13.0. The van der Waals surface area contributed by atoms with Crippen molar-refractivity contribution in [2.24, 2.45) is 0 Å². The van der Waals surface area contributed by atoms with Crippen LogP contribution >= 0.6 is 11.6 Å². The SMILES string of the molecule is CC(Cc1ccc(OCCN2CCN(c3cccc(C(F)(F)F)c3)CC2)cc1)NCC(O)c1cccc(Cl)c1. The molecule has 1 saturated heterocycles. The molecule has 0 aliphatic carbocycles. The molecule has 0 saturated carbocycles. The van der Waals surface area contributed by atoms with E-state index in [1.54, 1.807) is 18.2 Å². The van der Waals surface area contributed by atoms with Gasteiger partial charge in [0.05, 0.1) is 11.7 Å². The summed E-state index contributed by atoms with van der Waals surface area (Å²) < 4.78 is 45.0. The number of anilines is 1. The van der Waals surface area contributed by atoms with Gasteiger partial charge in [0.1, 0.15) is 12.4 Å². The van der Waals surface area contributed by atoms with Gasteiger partial charge < -0.3 is 20.1 Å². The summed E-state index contributed by atoms with van der Waals surface area (Å²) in [5.41, 5.74) is 1.97. The zero-order valence-corrected chi connectivity index (χ0v) is 22.8. The Bertz CT molecular complexity index is 1180. The van der Waals surface area contributed by atoms with Crippen LogP contribution in [0.5, 0.6) is 5.75 Å². The molecular formula is C30H35ClF3N3O2. The van der Waals surface area contributed by atoms with E-state index in [-0.39, 0.29) is 6.04 Å². The molecule has 3 aromatic rings. The second kappa shape index (κ2) is 13.5. The van der Waals surface area contributed by atoms with Gasteiger partial charge in [-0.2, -0.15) is 13.2 Å². The summed E-state index contributed by atoms with van der Waals surface area (Å²) in [5, 5.41) is 14.4. The van der Waals surface area contributed by atoms with Crippen LogP contribution in [0.3, 0.4) is 0 Å². The lowest BCUT2D eigenvalue weighted by Crippen LogP contribution is -2.47. The smallest absolute Gasteiger partial charge is 0.416 e. The highest BCUT2D eigenvalue weighted by atomic mass is 35.5. The van der Waals surface area contributed by atoms with E-state index in [2.05, 4.69) is 29.3 Å². The molecule has 9 heteroatoms. The molecule has 2 atom stereocenters. The van der Waals surface area contributed by atoms with E-state index in [0.29, 0.717) is 37.0 Å². The summed E-state index contributed by atoms with van der Waals surface area (Å²) in [4.78, 5) is 4.27. The van der Waals surface area contributed by atoms with Crippen molar-refractivity contribution >= 4 is 17.3 Å². The summed E-state index contributed by atoms with van der Waals surface area (Å²) in [6, 6.07) is 21.0. The fourth-order valence-corrected chi connectivity index (χ4v) is 4.89. The number of ether oxygens (including phenoxy) is 1. The van der Waals surface area contributed by atoms with Crippen LogP contribution in [0.2, 0.25) is 5.02 Å². The van der Waals surface area contributed by atoms with Crippen molar-refractivity contribution in [3.05, 3.63) is 94.5 Å². The van der Waals surface area contributed by atoms with Crippen LogP contribution in [0.4, 0.5) is 18.9 Å². The first kappa shape index (κ1) is 29.2. The standard InChI is InChI=1S/C30H35ClF3N3O2/c1-22(35-21-29(38)24-4-2-6-26(31)19-24)18-23-8-10-28(11-9-23)39-17-16-36-12-14-37(15-13-36)27-7-3-5-25(20-27)30(32,33)34/h2-11,19-20,22,29,35,38H,12-18,21H2,1H3. The second-order valence-corrected chi connectivity index (χ2v) is 10.4. The van der Waals surface area contributed by atoms with E-state index >= 15 is 0 Å². The molecule has 1 heterocycles. The molecule has 3 aromatic carbocycles. The van der Waals surface area contributed by atoms with Crippen LogP contribution in [0.1, 0.15) is 29.7 Å². The third kappa shape index (κ3) is 8.86. The molecule has 210 valence electrons. The molecule has 5 nitrogen and oxygen atoms in total. The van der Waals surface area contributed by atoms with E-state index in [1.165, 1.54) is 17.7 Å². The number of hydrogen-bond acceptors (Lipinski definition) is 5. The van der Waals surface area contributed by atoms with Crippen molar-refractivity contribution in [2.75, 3.05) is 50.8 Å². The van der Waals surface area contributed by atoms with Gasteiger partial charge in [0.2, 0.25) is 0 Å². The highest BCUT2D eigenvalue weighted by Gasteiger charge is 2.31. The van der Waals surface area contributed by atoms with Gasteiger partial charge >= 0.3 is 6.18 Å². The molecular weight excluding hydrogens is 527 g/mol. The van der Waals surface area contributed by atoms with Crippen molar-refractivity contribution in [3.63, 3.8) is 0 Å². The van der Waals surface area contributed by atoms with Gasteiger partial charge in [-0.1, -0.05) is 41.9 Å². The Balaban J connectivity index is 1.14. The first-order valence-electron chi connectivity index (χ1n) is 13.2. The fourth-order valence-electron chi connectivity index (χ4n) is 4.69. The van der Waals surface area contributed by atoms with Crippen LogP contribution in [0.15, 0.2) is 72.8 Å². The summed E-state index contributed by atoms with van der Waals surface area (Å²) in [6.45, 7) is 6.73. The molecule has 39 heavy (non-hydrogen) atoms. The molecule has 2 N–H and O–H groups in total. The first-order chi connectivity index (χ1) is 18.7. The van der Waals surface area contributed by atoms with Gasteiger partial charge in [0.15, 0.2) is 0 Å². The van der Waals surface area contributed by atoms with Gasteiger partial charge in [-0.3, -0.25) is 4.90 Å². The lowest BCUT2D eigenvalue weighted by molar-refractivity contribution is -0.137.